The van der Waals surface area contributed by atoms with Gasteiger partial charge in [0.2, 0.25) is 16.9 Å². The molecule has 0 unspecified atom stereocenters. The zero-order chi connectivity index (χ0) is 19.5. The van der Waals surface area contributed by atoms with E-state index >= 15 is 0 Å². The molecule has 0 bridgehead atoms. The van der Waals surface area contributed by atoms with Gasteiger partial charge in [-0.25, -0.2) is 0 Å². The number of anilines is 2. The van der Waals surface area contributed by atoms with Crippen LogP contribution in [0.5, 0.6) is 0 Å². The summed E-state index contributed by atoms with van der Waals surface area (Å²) in [5.41, 5.74) is 4.33. The molecule has 6 nitrogen and oxygen atoms in total. The van der Waals surface area contributed by atoms with Crippen molar-refractivity contribution in [2.24, 2.45) is 0 Å². The van der Waals surface area contributed by atoms with Crippen molar-refractivity contribution in [3.8, 4) is 11.5 Å². The van der Waals surface area contributed by atoms with Crippen LogP contribution < -0.4 is 5.32 Å². The molecule has 0 aliphatic heterocycles. The quantitative estimate of drug-likeness (QED) is 0.382. The summed E-state index contributed by atoms with van der Waals surface area (Å²) in [6, 6.07) is 13.5. The van der Waals surface area contributed by atoms with Crippen LogP contribution in [0.15, 0.2) is 51.2 Å². The van der Waals surface area contributed by atoms with Gasteiger partial charge in [0.1, 0.15) is 0 Å². The lowest BCUT2D eigenvalue weighted by molar-refractivity contribution is 0.528. The van der Waals surface area contributed by atoms with Crippen LogP contribution in [0.25, 0.3) is 11.5 Å². The van der Waals surface area contributed by atoms with Gasteiger partial charge < -0.3 is 9.73 Å². The number of nitrogens with zero attached hydrogens (tertiary/aromatic N) is 4. The van der Waals surface area contributed by atoms with E-state index in [1.165, 1.54) is 34.2 Å². The van der Waals surface area contributed by atoms with Crippen LogP contribution in [0.1, 0.15) is 17.0 Å². The highest BCUT2D eigenvalue weighted by Gasteiger charge is 2.11. The maximum atomic E-state index is 5.90. The Kier molecular flexibility index (Phi) is 5.61. The third-order valence-corrected chi connectivity index (χ3v) is 6.25. The second-order valence-corrected chi connectivity index (χ2v) is 8.73. The third-order valence-electron chi connectivity index (χ3n) is 4.04. The van der Waals surface area contributed by atoms with Gasteiger partial charge in [0.05, 0.1) is 5.75 Å². The highest BCUT2D eigenvalue weighted by molar-refractivity contribution is 8.00. The fraction of sp³-hybridized carbons (Fsp3) is 0.158. The van der Waals surface area contributed by atoms with Crippen molar-refractivity contribution in [3.05, 3.63) is 64.5 Å². The van der Waals surface area contributed by atoms with Gasteiger partial charge >= 0.3 is 0 Å². The molecule has 0 radical (unpaired) electrons. The first-order chi connectivity index (χ1) is 13.6. The van der Waals surface area contributed by atoms with E-state index in [4.69, 9.17) is 16.0 Å². The van der Waals surface area contributed by atoms with Crippen molar-refractivity contribution >= 4 is 45.5 Å². The molecule has 142 valence electrons. The molecule has 0 aliphatic rings. The van der Waals surface area contributed by atoms with Crippen molar-refractivity contribution in [3.63, 3.8) is 0 Å². The summed E-state index contributed by atoms with van der Waals surface area (Å²) >= 11 is 8.90. The van der Waals surface area contributed by atoms with Crippen LogP contribution in [-0.2, 0) is 5.75 Å². The Morgan fingerprint density at radius 3 is 2.61 bits per heavy atom. The Bertz CT molecular complexity index is 1090. The number of hydrogen-bond acceptors (Lipinski definition) is 8. The number of benzene rings is 2. The predicted octanol–water partition coefficient (Wildman–Crippen LogP) is 5.89. The normalized spacial score (nSPS) is 11.0. The second-order valence-electron chi connectivity index (χ2n) is 6.09. The summed E-state index contributed by atoms with van der Waals surface area (Å²) in [5.74, 6) is 1.54. The molecule has 0 saturated carbocycles. The van der Waals surface area contributed by atoms with Crippen LogP contribution in [0.4, 0.5) is 10.8 Å². The molecule has 4 aromatic rings. The molecule has 9 heteroatoms. The van der Waals surface area contributed by atoms with Crippen LogP contribution in [-0.4, -0.2) is 20.4 Å². The Hall–Kier alpha value is -2.42. The van der Waals surface area contributed by atoms with E-state index in [0.29, 0.717) is 22.6 Å². The Morgan fingerprint density at radius 1 is 1.00 bits per heavy atom. The minimum Gasteiger partial charge on any atom is -0.420 e. The molecule has 1 N–H and O–H groups in total. The molecule has 0 aliphatic carbocycles. The fourth-order valence-corrected chi connectivity index (χ4v) is 4.14. The van der Waals surface area contributed by atoms with E-state index in [1.807, 2.05) is 18.2 Å². The van der Waals surface area contributed by atoms with E-state index < -0.39 is 0 Å². The summed E-state index contributed by atoms with van der Waals surface area (Å²) in [6.45, 7) is 4.18. The van der Waals surface area contributed by atoms with Crippen LogP contribution in [0.3, 0.4) is 0 Å². The first kappa shape index (κ1) is 18.9. The maximum absolute atomic E-state index is 5.90. The number of halogens is 1. The summed E-state index contributed by atoms with van der Waals surface area (Å²) in [6.07, 6.45) is 0. The van der Waals surface area contributed by atoms with Crippen LogP contribution in [0.2, 0.25) is 5.02 Å². The minimum atomic E-state index is 0.474. The molecule has 0 spiro atoms. The van der Waals surface area contributed by atoms with Gasteiger partial charge in [-0.2, -0.15) is 0 Å². The number of thioether (sulfide) groups is 1. The molecular weight excluding hydrogens is 414 g/mol. The van der Waals surface area contributed by atoms with Crippen LogP contribution in [0, 0.1) is 13.8 Å². The van der Waals surface area contributed by atoms with Crippen molar-refractivity contribution < 1.29 is 4.42 Å². The van der Waals surface area contributed by atoms with Crippen molar-refractivity contribution in [2.45, 2.75) is 23.9 Å². The van der Waals surface area contributed by atoms with E-state index in [1.54, 1.807) is 12.1 Å². The van der Waals surface area contributed by atoms with Gasteiger partial charge in [0.25, 0.3) is 0 Å². The molecule has 28 heavy (non-hydrogen) atoms. The Labute approximate surface area is 175 Å². The molecule has 2 aromatic carbocycles. The number of aryl methyl sites for hydroxylation is 2. The average Bonchev–Trinajstić information content (AvgIpc) is 3.33. The van der Waals surface area contributed by atoms with Crippen molar-refractivity contribution in [1.29, 1.82) is 0 Å². The Balaban J connectivity index is 1.37. The van der Waals surface area contributed by atoms with Gasteiger partial charge in [-0.05, 0) is 61.4 Å². The number of aromatic nitrogens is 4. The predicted molar refractivity (Wildman–Crippen MR) is 113 cm³/mol. The molecule has 0 fully saturated rings. The molecular formula is C19H16ClN5OS2. The highest BCUT2D eigenvalue weighted by Crippen LogP contribution is 2.30. The molecule has 4 rings (SSSR count). The molecule has 0 saturated heterocycles. The highest BCUT2D eigenvalue weighted by atomic mass is 35.5. The van der Waals surface area contributed by atoms with Gasteiger partial charge in [-0.15, -0.1) is 20.4 Å². The van der Waals surface area contributed by atoms with Crippen LogP contribution >= 0.6 is 34.7 Å². The summed E-state index contributed by atoms with van der Waals surface area (Å²) in [7, 11) is 0. The Morgan fingerprint density at radius 2 is 1.82 bits per heavy atom. The zero-order valence-corrected chi connectivity index (χ0v) is 17.5. The van der Waals surface area contributed by atoms with E-state index in [2.05, 4.69) is 51.7 Å². The fourth-order valence-electron chi connectivity index (χ4n) is 2.41. The standard InChI is InChI=1S/C19H16ClN5OS2/c1-11-3-8-15(9-12(11)2)21-18-24-25-19(28-18)27-10-16-22-23-17(26-16)13-4-6-14(20)7-5-13/h3-9H,10H2,1-2H3,(H,21,24). The summed E-state index contributed by atoms with van der Waals surface area (Å²) < 4.78 is 6.54. The minimum absolute atomic E-state index is 0.474. The molecule has 0 amide bonds. The summed E-state index contributed by atoms with van der Waals surface area (Å²) in [4.78, 5) is 0. The molecule has 2 heterocycles. The first-order valence-corrected chi connectivity index (χ1v) is 10.6. The maximum Gasteiger partial charge on any atom is 0.247 e. The van der Waals surface area contributed by atoms with Gasteiger partial charge in [0.15, 0.2) is 4.34 Å². The monoisotopic (exact) mass is 429 g/mol. The van der Waals surface area contributed by atoms with Gasteiger partial charge in [-0.1, -0.05) is 40.8 Å². The second kappa shape index (κ2) is 8.30. The smallest absolute Gasteiger partial charge is 0.247 e. The largest absolute Gasteiger partial charge is 0.420 e. The SMILES string of the molecule is Cc1ccc(Nc2nnc(SCc3nnc(-c4ccc(Cl)cc4)o3)s2)cc1C. The van der Waals surface area contributed by atoms with Gasteiger partial charge in [0, 0.05) is 16.3 Å². The van der Waals surface area contributed by atoms with E-state index in [-0.39, 0.29) is 0 Å². The van der Waals surface area contributed by atoms with Crippen molar-refractivity contribution in [2.75, 3.05) is 5.32 Å². The molecule has 2 aromatic heterocycles. The number of rotatable bonds is 6. The van der Waals surface area contributed by atoms with Crippen molar-refractivity contribution in [1.82, 2.24) is 20.4 Å². The lowest BCUT2D eigenvalue weighted by Gasteiger charge is -2.05. The van der Waals surface area contributed by atoms with E-state index in [0.717, 1.165) is 20.7 Å². The molecule has 0 atom stereocenters. The first-order valence-electron chi connectivity index (χ1n) is 8.46. The van der Waals surface area contributed by atoms with Gasteiger partial charge in [-0.3, -0.25) is 0 Å². The zero-order valence-electron chi connectivity index (χ0n) is 15.1. The summed E-state index contributed by atoms with van der Waals surface area (Å²) in [5, 5.41) is 21.3. The lowest BCUT2D eigenvalue weighted by atomic mass is 10.1. The average molecular weight is 430 g/mol. The number of nitrogens with one attached hydrogen (secondary N) is 1. The lowest BCUT2D eigenvalue weighted by Crippen LogP contribution is -1.91. The number of hydrogen-bond donors (Lipinski definition) is 1. The third kappa shape index (κ3) is 4.52. The van der Waals surface area contributed by atoms with E-state index in [9.17, 15) is 0 Å². The topological polar surface area (TPSA) is 76.7 Å².